The summed E-state index contributed by atoms with van der Waals surface area (Å²) < 4.78 is 14.0. The van der Waals surface area contributed by atoms with Crippen molar-refractivity contribution in [2.75, 3.05) is 30.5 Å². The van der Waals surface area contributed by atoms with Gasteiger partial charge in [0.25, 0.3) is 8.53 Å². The largest absolute Gasteiger partial charge is 0.321 e. The van der Waals surface area contributed by atoms with Crippen molar-refractivity contribution in [3.63, 3.8) is 0 Å². The van der Waals surface area contributed by atoms with E-state index in [1.165, 1.54) is 11.8 Å². The molecular formula is C14H28NO4PS2. The van der Waals surface area contributed by atoms with Crippen LogP contribution in [0.5, 0.6) is 0 Å². The highest BCUT2D eigenvalue weighted by atomic mass is 32.2. The van der Waals surface area contributed by atoms with Gasteiger partial charge in [-0.3, -0.25) is 4.79 Å². The van der Waals surface area contributed by atoms with Gasteiger partial charge in [-0.15, -0.1) is 0 Å². The maximum absolute atomic E-state index is 11.0. The van der Waals surface area contributed by atoms with Gasteiger partial charge in [0, 0.05) is 36.3 Å². The van der Waals surface area contributed by atoms with Crippen molar-refractivity contribution in [1.82, 2.24) is 4.67 Å². The van der Waals surface area contributed by atoms with Crippen LogP contribution in [0.4, 0.5) is 0 Å². The molecular weight excluding hydrogens is 341 g/mol. The van der Waals surface area contributed by atoms with Crippen LogP contribution >= 0.6 is 32.0 Å². The van der Waals surface area contributed by atoms with Crippen LogP contribution in [0.1, 0.15) is 34.6 Å². The van der Waals surface area contributed by atoms with Gasteiger partial charge in [-0.1, -0.05) is 11.8 Å². The van der Waals surface area contributed by atoms with E-state index in [-0.39, 0.29) is 5.12 Å². The first-order valence-electron chi connectivity index (χ1n) is 7.39. The highest BCUT2D eigenvalue weighted by Crippen LogP contribution is 2.45. The second-order valence-corrected chi connectivity index (χ2v) is 8.93. The van der Waals surface area contributed by atoms with Crippen molar-refractivity contribution in [1.29, 1.82) is 0 Å². The monoisotopic (exact) mass is 369 g/mol. The molecule has 0 heterocycles. The van der Waals surface area contributed by atoms with Gasteiger partial charge in [-0.05, 0) is 27.7 Å². The maximum Gasteiger partial charge on any atom is 0.259 e. The van der Waals surface area contributed by atoms with Crippen LogP contribution < -0.4 is 0 Å². The van der Waals surface area contributed by atoms with Gasteiger partial charge < -0.3 is 13.8 Å². The summed E-state index contributed by atoms with van der Waals surface area (Å²) in [5.41, 5.74) is 0. The lowest BCUT2D eigenvalue weighted by atomic mass is 10.3. The van der Waals surface area contributed by atoms with Crippen LogP contribution in [0.3, 0.4) is 0 Å². The molecule has 0 aromatic heterocycles. The third-order valence-corrected chi connectivity index (χ3v) is 6.16. The molecule has 1 unspecified atom stereocenters. The molecule has 8 heteroatoms. The molecule has 0 saturated heterocycles. The summed E-state index contributed by atoms with van der Waals surface area (Å²) in [6.07, 6.45) is 0.900. The molecule has 0 aliphatic heterocycles. The van der Waals surface area contributed by atoms with E-state index in [1.807, 2.05) is 0 Å². The molecule has 0 spiro atoms. The molecule has 5 nitrogen and oxygen atoms in total. The number of carbonyl (C=O) groups is 2. The van der Waals surface area contributed by atoms with Gasteiger partial charge >= 0.3 is 0 Å². The molecule has 0 aromatic carbocycles. The Morgan fingerprint density at radius 3 is 2.14 bits per heavy atom. The van der Waals surface area contributed by atoms with E-state index in [4.69, 9.17) is 9.05 Å². The highest BCUT2D eigenvalue weighted by molar-refractivity contribution is 8.13. The van der Waals surface area contributed by atoms with E-state index in [1.54, 1.807) is 18.7 Å². The van der Waals surface area contributed by atoms with Crippen molar-refractivity contribution in [3.8, 4) is 0 Å². The summed E-state index contributed by atoms with van der Waals surface area (Å²) in [5, 5.41) is 0.101. The van der Waals surface area contributed by atoms with Gasteiger partial charge in [0.1, 0.15) is 6.29 Å². The predicted molar refractivity (Wildman–Crippen MR) is 97.5 cm³/mol. The molecule has 0 aliphatic carbocycles. The summed E-state index contributed by atoms with van der Waals surface area (Å²) in [4.78, 5) is 21.2. The minimum absolute atomic E-state index is 0.101. The van der Waals surface area contributed by atoms with E-state index in [2.05, 4.69) is 32.4 Å². The van der Waals surface area contributed by atoms with Crippen molar-refractivity contribution in [3.05, 3.63) is 0 Å². The van der Waals surface area contributed by atoms with Gasteiger partial charge in [-0.25, -0.2) is 4.67 Å². The Morgan fingerprint density at radius 2 is 1.68 bits per heavy atom. The number of carbonyl (C=O) groups excluding carboxylic acids is 2. The number of hydrogen-bond acceptors (Lipinski definition) is 7. The lowest BCUT2D eigenvalue weighted by Gasteiger charge is -2.35. The van der Waals surface area contributed by atoms with E-state index >= 15 is 0 Å². The van der Waals surface area contributed by atoms with E-state index in [9.17, 15) is 9.59 Å². The second-order valence-electron chi connectivity index (χ2n) is 5.05. The van der Waals surface area contributed by atoms with E-state index in [0.29, 0.717) is 36.8 Å². The highest BCUT2D eigenvalue weighted by Gasteiger charge is 2.26. The molecule has 0 amide bonds. The van der Waals surface area contributed by atoms with Gasteiger partial charge in [0.05, 0.1) is 13.2 Å². The van der Waals surface area contributed by atoms with Crippen LogP contribution in [-0.4, -0.2) is 58.6 Å². The van der Waals surface area contributed by atoms with Crippen LogP contribution in [0, 0.1) is 0 Å². The minimum atomic E-state index is -1.15. The summed E-state index contributed by atoms with van der Waals surface area (Å²) in [5.74, 6) is 1.91. The normalized spacial score (nSPS) is 13.1. The van der Waals surface area contributed by atoms with Gasteiger partial charge in [0.2, 0.25) is 0 Å². The number of aldehydes is 1. The van der Waals surface area contributed by atoms with E-state index in [0.717, 1.165) is 12.0 Å². The summed E-state index contributed by atoms with van der Waals surface area (Å²) >= 11 is 2.82. The molecule has 0 rings (SSSR count). The SMILES string of the molecule is CC(=O)SCCOP(OCCSCC=O)N(C(C)C)C(C)C. The van der Waals surface area contributed by atoms with Crippen LogP contribution in [0.2, 0.25) is 0 Å². The maximum atomic E-state index is 11.0. The third-order valence-electron chi connectivity index (χ3n) is 2.45. The lowest BCUT2D eigenvalue weighted by Crippen LogP contribution is -2.34. The Bertz CT molecular complexity index is 311. The van der Waals surface area contributed by atoms with Crippen molar-refractivity contribution in [2.45, 2.75) is 46.7 Å². The molecule has 130 valence electrons. The zero-order valence-electron chi connectivity index (χ0n) is 14.1. The first-order chi connectivity index (χ1) is 10.4. The lowest BCUT2D eigenvalue weighted by molar-refractivity contribution is -0.109. The van der Waals surface area contributed by atoms with Crippen LogP contribution in [-0.2, 0) is 18.6 Å². The average molecular weight is 369 g/mol. The fourth-order valence-electron chi connectivity index (χ4n) is 1.75. The second kappa shape index (κ2) is 13.8. The fourth-order valence-corrected chi connectivity index (χ4v) is 4.51. The Kier molecular flexibility index (Phi) is 14.0. The summed E-state index contributed by atoms with van der Waals surface area (Å²) in [7, 11) is -1.15. The van der Waals surface area contributed by atoms with Crippen molar-refractivity contribution in [2.24, 2.45) is 0 Å². The number of rotatable bonds is 13. The molecule has 0 N–H and O–H groups in total. The first-order valence-corrected chi connectivity index (χ1v) is 10.7. The smallest absolute Gasteiger partial charge is 0.259 e. The Morgan fingerprint density at radius 1 is 1.14 bits per heavy atom. The summed E-state index contributed by atoms with van der Waals surface area (Å²) in [6, 6.07) is 0.628. The quantitative estimate of drug-likeness (QED) is 0.279. The summed E-state index contributed by atoms with van der Waals surface area (Å²) in [6.45, 7) is 11.1. The Labute approximate surface area is 144 Å². The first kappa shape index (κ1) is 22.4. The topological polar surface area (TPSA) is 55.8 Å². The number of thioether (sulfide) groups is 2. The Balaban J connectivity index is 4.40. The molecule has 1 atom stereocenters. The van der Waals surface area contributed by atoms with Gasteiger partial charge in [-0.2, -0.15) is 11.8 Å². The number of hydrogen-bond donors (Lipinski definition) is 0. The average Bonchev–Trinajstić information content (AvgIpc) is 2.41. The van der Waals surface area contributed by atoms with Crippen LogP contribution in [0.25, 0.3) is 0 Å². The Hall–Kier alpha value is 0.350. The zero-order chi connectivity index (χ0) is 17.0. The predicted octanol–water partition coefficient (Wildman–Crippen LogP) is 3.58. The van der Waals surface area contributed by atoms with Crippen molar-refractivity contribution >= 4 is 43.5 Å². The molecule has 0 aromatic rings. The fraction of sp³-hybridized carbons (Fsp3) is 0.857. The molecule has 22 heavy (non-hydrogen) atoms. The van der Waals surface area contributed by atoms with Crippen LogP contribution in [0.15, 0.2) is 0 Å². The standard InChI is InChI=1S/C14H28NO4PS2/c1-12(2)15(13(3)4)20(18-7-10-21-9-6-16)19-8-11-22-14(5)17/h6,12-13H,7-11H2,1-5H3. The molecule has 0 radical (unpaired) electrons. The van der Waals surface area contributed by atoms with E-state index < -0.39 is 8.53 Å². The molecule has 0 bridgehead atoms. The third kappa shape index (κ3) is 11.0. The minimum Gasteiger partial charge on any atom is -0.321 e. The molecule has 0 aliphatic rings. The van der Waals surface area contributed by atoms with Gasteiger partial charge in [0.15, 0.2) is 5.12 Å². The zero-order valence-corrected chi connectivity index (χ0v) is 16.6. The number of nitrogens with zero attached hydrogens (tertiary/aromatic N) is 1. The molecule has 0 saturated carbocycles. The molecule has 0 fully saturated rings. The van der Waals surface area contributed by atoms with Crippen molar-refractivity contribution < 1.29 is 18.6 Å².